The SMILES string of the molecule is CCn1cnnc1C1=CC=CC(N2CC3=C(Cl)NC(N4CCC[C@H]4C)C=C3C2O)N1. The highest BCUT2D eigenvalue weighted by atomic mass is 35.5. The van der Waals surface area contributed by atoms with Crippen molar-refractivity contribution < 1.29 is 5.11 Å². The summed E-state index contributed by atoms with van der Waals surface area (Å²) < 4.78 is 1.99. The van der Waals surface area contributed by atoms with Gasteiger partial charge in [-0.15, -0.1) is 10.2 Å². The third-order valence-electron chi connectivity index (χ3n) is 6.53. The maximum atomic E-state index is 11.2. The van der Waals surface area contributed by atoms with Gasteiger partial charge in [-0.1, -0.05) is 17.7 Å². The van der Waals surface area contributed by atoms with Crippen molar-refractivity contribution in [2.24, 2.45) is 0 Å². The molecule has 0 aromatic carbocycles. The highest BCUT2D eigenvalue weighted by Gasteiger charge is 2.41. The molecule has 0 saturated carbocycles. The molecule has 1 aromatic rings. The molecule has 30 heavy (non-hydrogen) atoms. The van der Waals surface area contributed by atoms with Crippen LogP contribution in [0.4, 0.5) is 0 Å². The van der Waals surface area contributed by atoms with Crippen molar-refractivity contribution in [2.75, 3.05) is 13.1 Å². The maximum Gasteiger partial charge on any atom is 0.179 e. The van der Waals surface area contributed by atoms with Gasteiger partial charge in [0.15, 0.2) is 5.82 Å². The molecule has 160 valence electrons. The van der Waals surface area contributed by atoms with Gasteiger partial charge in [-0.3, -0.25) is 4.90 Å². The van der Waals surface area contributed by atoms with Gasteiger partial charge in [-0.25, -0.2) is 4.90 Å². The number of fused-ring (bicyclic) bond motifs is 1. The molecule has 0 aliphatic carbocycles. The van der Waals surface area contributed by atoms with Crippen molar-refractivity contribution in [1.29, 1.82) is 0 Å². The number of likely N-dealkylation sites (tertiary alicyclic amines) is 2. The molecule has 3 N–H and O–H groups in total. The summed E-state index contributed by atoms with van der Waals surface area (Å²) in [5.41, 5.74) is 2.76. The Morgan fingerprint density at radius 2 is 2.13 bits per heavy atom. The molecule has 9 heteroatoms. The van der Waals surface area contributed by atoms with Crippen LogP contribution in [0.1, 0.15) is 32.5 Å². The molecule has 0 amide bonds. The number of rotatable bonds is 4. The largest absolute Gasteiger partial charge is 0.374 e. The van der Waals surface area contributed by atoms with E-state index in [4.69, 9.17) is 11.6 Å². The Labute approximate surface area is 181 Å². The van der Waals surface area contributed by atoms with Crippen LogP contribution in [0.25, 0.3) is 5.70 Å². The topological polar surface area (TPSA) is 81.5 Å². The van der Waals surface area contributed by atoms with Crippen molar-refractivity contribution in [3.63, 3.8) is 0 Å². The smallest absolute Gasteiger partial charge is 0.179 e. The Bertz CT molecular complexity index is 949. The number of aliphatic hydroxyl groups is 1. The Morgan fingerprint density at radius 1 is 1.27 bits per heavy atom. The number of hydrogen-bond donors (Lipinski definition) is 3. The molecule has 0 spiro atoms. The van der Waals surface area contributed by atoms with Gasteiger partial charge < -0.3 is 20.3 Å². The minimum absolute atomic E-state index is 0.0248. The first kappa shape index (κ1) is 19.8. The average molecular weight is 430 g/mol. The van der Waals surface area contributed by atoms with E-state index >= 15 is 0 Å². The minimum atomic E-state index is -0.721. The Balaban J connectivity index is 1.37. The average Bonchev–Trinajstić information content (AvgIpc) is 3.47. The molecule has 4 aliphatic rings. The predicted molar refractivity (Wildman–Crippen MR) is 116 cm³/mol. The van der Waals surface area contributed by atoms with Crippen molar-refractivity contribution in [3.05, 3.63) is 52.8 Å². The summed E-state index contributed by atoms with van der Waals surface area (Å²) in [5.74, 6) is 0.791. The van der Waals surface area contributed by atoms with E-state index in [0.29, 0.717) is 17.7 Å². The first-order valence-corrected chi connectivity index (χ1v) is 11.0. The van der Waals surface area contributed by atoms with Crippen LogP contribution in [0.15, 0.2) is 46.9 Å². The number of halogens is 1. The molecule has 2 fully saturated rings. The van der Waals surface area contributed by atoms with Crippen LogP contribution in [-0.4, -0.2) is 67.4 Å². The third kappa shape index (κ3) is 3.28. The van der Waals surface area contributed by atoms with E-state index in [-0.39, 0.29) is 12.3 Å². The van der Waals surface area contributed by atoms with Crippen LogP contribution in [0, 0.1) is 0 Å². The molecule has 4 atom stereocenters. The van der Waals surface area contributed by atoms with Gasteiger partial charge in [0.1, 0.15) is 30.0 Å². The lowest BCUT2D eigenvalue weighted by molar-refractivity contribution is 0.0371. The Morgan fingerprint density at radius 3 is 2.90 bits per heavy atom. The highest BCUT2D eigenvalue weighted by Crippen LogP contribution is 2.36. The number of dihydropyridines is 2. The molecule has 2 saturated heterocycles. The predicted octanol–water partition coefficient (Wildman–Crippen LogP) is 1.55. The van der Waals surface area contributed by atoms with E-state index in [0.717, 1.165) is 35.8 Å². The maximum absolute atomic E-state index is 11.2. The zero-order valence-corrected chi connectivity index (χ0v) is 18.0. The van der Waals surface area contributed by atoms with Crippen LogP contribution >= 0.6 is 11.6 Å². The van der Waals surface area contributed by atoms with E-state index < -0.39 is 6.23 Å². The summed E-state index contributed by atoms with van der Waals surface area (Å²) in [4.78, 5) is 4.43. The summed E-state index contributed by atoms with van der Waals surface area (Å²) in [5, 5.41) is 27.0. The van der Waals surface area contributed by atoms with Gasteiger partial charge in [0.05, 0.1) is 5.70 Å². The van der Waals surface area contributed by atoms with Crippen LogP contribution in [0.3, 0.4) is 0 Å². The minimum Gasteiger partial charge on any atom is -0.374 e. The van der Waals surface area contributed by atoms with Crippen LogP contribution in [0.5, 0.6) is 0 Å². The van der Waals surface area contributed by atoms with Crippen molar-refractivity contribution in [3.8, 4) is 0 Å². The van der Waals surface area contributed by atoms with E-state index in [9.17, 15) is 5.11 Å². The highest BCUT2D eigenvalue weighted by molar-refractivity contribution is 6.30. The molecule has 5 rings (SSSR count). The van der Waals surface area contributed by atoms with E-state index in [2.05, 4.69) is 45.7 Å². The van der Waals surface area contributed by atoms with Crippen LogP contribution in [-0.2, 0) is 6.54 Å². The monoisotopic (exact) mass is 429 g/mol. The molecule has 8 nitrogen and oxygen atoms in total. The van der Waals surface area contributed by atoms with E-state index in [1.807, 2.05) is 27.7 Å². The molecule has 0 bridgehead atoms. The lowest BCUT2D eigenvalue weighted by Crippen LogP contribution is -2.48. The van der Waals surface area contributed by atoms with Crippen LogP contribution < -0.4 is 10.6 Å². The fraction of sp³-hybridized carbons (Fsp3) is 0.524. The number of aryl methyl sites for hydroxylation is 1. The fourth-order valence-electron chi connectivity index (χ4n) is 4.84. The zero-order chi connectivity index (χ0) is 20.8. The van der Waals surface area contributed by atoms with Gasteiger partial charge in [-0.2, -0.15) is 0 Å². The van der Waals surface area contributed by atoms with Crippen molar-refractivity contribution >= 4 is 17.3 Å². The molecular formula is C21H28ClN7O. The van der Waals surface area contributed by atoms with Crippen LogP contribution in [0.2, 0.25) is 0 Å². The molecule has 5 heterocycles. The lowest BCUT2D eigenvalue weighted by atomic mass is 10.0. The molecular weight excluding hydrogens is 402 g/mol. The molecule has 3 unspecified atom stereocenters. The fourth-order valence-corrected chi connectivity index (χ4v) is 5.12. The summed E-state index contributed by atoms with van der Waals surface area (Å²) in [6.07, 6.45) is 11.4. The van der Waals surface area contributed by atoms with Gasteiger partial charge in [-0.05, 0) is 44.9 Å². The summed E-state index contributed by atoms with van der Waals surface area (Å²) in [6.45, 7) is 6.71. The number of hydrogen-bond acceptors (Lipinski definition) is 7. The number of nitrogens with one attached hydrogen (secondary N) is 2. The van der Waals surface area contributed by atoms with Crippen molar-refractivity contribution in [1.82, 2.24) is 35.2 Å². The van der Waals surface area contributed by atoms with Crippen molar-refractivity contribution in [2.45, 2.75) is 57.8 Å². The second-order valence-corrected chi connectivity index (χ2v) is 8.65. The number of aromatic nitrogens is 3. The zero-order valence-electron chi connectivity index (χ0n) is 17.3. The number of allylic oxidation sites excluding steroid dienone is 2. The standard InChI is InChI=1S/C21H28ClN7O/c1-3-27-12-23-26-20(27)16-7-4-8-17(24-16)29-11-15-14(21(29)30)10-18(25-19(15)22)28-9-5-6-13(28)2/h4,7-8,10,12-13,17-18,21,24-25,30H,3,5-6,9,11H2,1-2H3/t13-,17?,18?,21?/m1/s1. The quantitative estimate of drug-likeness (QED) is 0.626. The molecule has 4 aliphatic heterocycles. The summed E-state index contributed by atoms with van der Waals surface area (Å²) in [7, 11) is 0. The third-order valence-corrected chi connectivity index (χ3v) is 6.87. The normalized spacial score (nSPS) is 32.0. The first-order valence-electron chi connectivity index (χ1n) is 10.7. The Hall–Kier alpha value is -2.13. The molecule has 0 radical (unpaired) electrons. The summed E-state index contributed by atoms with van der Waals surface area (Å²) in [6, 6.07) is 0.506. The Kier molecular flexibility index (Phi) is 5.18. The van der Waals surface area contributed by atoms with Gasteiger partial charge in [0, 0.05) is 36.8 Å². The number of nitrogens with zero attached hydrogens (tertiary/aromatic N) is 5. The first-order chi connectivity index (χ1) is 14.6. The van der Waals surface area contributed by atoms with Gasteiger partial charge in [0.25, 0.3) is 0 Å². The number of aliphatic hydroxyl groups excluding tert-OH is 1. The van der Waals surface area contributed by atoms with E-state index in [1.54, 1.807) is 6.33 Å². The van der Waals surface area contributed by atoms with Gasteiger partial charge in [0.2, 0.25) is 0 Å². The second-order valence-electron chi connectivity index (χ2n) is 8.27. The second kappa shape index (κ2) is 7.85. The summed E-state index contributed by atoms with van der Waals surface area (Å²) >= 11 is 6.65. The molecule has 1 aromatic heterocycles. The lowest BCUT2D eigenvalue weighted by Gasteiger charge is -2.34. The van der Waals surface area contributed by atoms with E-state index in [1.165, 1.54) is 12.8 Å². The van der Waals surface area contributed by atoms with Gasteiger partial charge >= 0.3 is 0 Å².